The minimum atomic E-state index is 0.617. The molecule has 0 saturated carbocycles. The van der Waals surface area contributed by atoms with E-state index in [-0.39, 0.29) is 0 Å². The normalized spacial score (nSPS) is 11.3. The number of rotatable bonds is 7. The highest BCUT2D eigenvalue weighted by Crippen LogP contribution is 2.40. The Kier molecular flexibility index (Phi) is 8.83. The Morgan fingerprint density at radius 2 is 0.650 bits per heavy atom. The molecule has 0 aliphatic heterocycles. The molecule has 0 N–H and O–H groups in total. The summed E-state index contributed by atoms with van der Waals surface area (Å²) in [5.41, 5.74) is 11.8. The average molecular weight is 764 g/mol. The van der Waals surface area contributed by atoms with E-state index in [2.05, 4.69) is 218 Å². The van der Waals surface area contributed by atoms with Crippen LogP contribution in [0.5, 0.6) is 0 Å². The fourth-order valence-corrected chi connectivity index (χ4v) is 8.50. The van der Waals surface area contributed by atoms with Gasteiger partial charge in [0.1, 0.15) is 0 Å². The fourth-order valence-electron chi connectivity index (χ4n) is 8.50. The molecule has 11 aromatic rings. The van der Waals surface area contributed by atoms with Crippen molar-refractivity contribution in [2.45, 2.75) is 0 Å². The Morgan fingerprint density at radius 1 is 0.200 bits per heavy atom. The molecule has 0 fully saturated rings. The van der Waals surface area contributed by atoms with E-state index >= 15 is 0 Å². The van der Waals surface area contributed by atoms with Gasteiger partial charge < -0.3 is 0 Å². The Balaban J connectivity index is 1.09. The van der Waals surface area contributed by atoms with E-state index in [0.717, 1.165) is 55.6 Å². The van der Waals surface area contributed by atoms with Gasteiger partial charge in [-0.15, -0.1) is 0 Å². The van der Waals surface area contributed by atoms with Crippen molar-refractivity contribution in [2.24, 2.45) is 0 Å². The van der Waals surface area contributed by atoms with Crippen molar-refractivity contribution in [1.82, 2.24) is 15.0 Å². The molecule has 0 unspecified atom stereocenters. The van der Waals surface area contributed by atoms with Crippen LogP contribution in [0.3, 0.4) is 0 Å². The maximum absolute atomic E-state index is 5.26. The smallest absolute Gasteiger partial charge is 0.164 e. The van der Waals surface area contributed by atoms with Crippen LogP contribution in [0.4, 0.5) is 0 Å². The van der Waals surface area contributed by atoms with E-state index in [0.29, 0.717) is 17.5 Å². The Hall–Kier alpha value is -8.01. The van der Waals surface area contributed by atoms with E-state index in [1.807, 2.05) is 6.07 Å². The lowest BCUT2D eigenvalue weighted by atomic mass is 9.89. The summed E-state index contributed by atoms with van der Waals surface area (Å²) in [7, 11) is 0. The zero-order chi connectivity index (χ0) is 39.8. The first-order valence-corrected chi connectivity index (χ1v) is 20.3. The average Bonchev–Trinajstić information content (AvgIpc) is 3.34. The molecular weight excluding hydrogens is 727 g/mol. The summed E-state index contributed by atoms with van der Waals surface area (Å²) in [4.78, 5) is 15.7. The number of benzene rings is 10. The van der Waals surface area contributed by atoms with Gasteiger partial charge in [0.15, 0.2) is 17.5 Å². The van der Waals surface area contributed by atoms with E-state index in [9.17, 15) is 0 Å². The molecule has 3 nitrogen and oxygen atoms in total. The zero-order valence-electron chi connectivity index (χ0n) is 32.7. The summed E-state index contributed by atoms with van der Waals surface area (Å²) in [6, 6.07) is 79.5. The van der Waals surface area contributed by atoms with Crippen LogP contribution in [-0.4, -0.2) is 15.0 Å². The summed E-state index contributed by atoms with van der Waals surface area (Å²) in [5, 5.41) is 7.43. The third-order valence-electron chi connectivity index (χ3n) is 11.5. The van der Waals surface area contributed by atoms with Crippen molar-refractivity contribution < 1.29 is 0 Å². The molecular formula is C57H37N3. The molecule has 0 radical (unpaired) electrons. The molecule has 0 aliphatic rings. The Labute approximate surface area is 349 Å². The highest BCUT2D eigenvalue weighted by molar-refractivity contribution is 6.20. The first kappa shape index (κ1) is 35.2. The molecule has 11 rings (SSSR count). The molecule has 0 spiro atoms. The maximum Gasteiger partial charge on any atom is 0.164 e. The molecule has 10 aromatic carbocycles. The van der Waals surface area contributed by atoms with Crippen molar-refractivity contribution >= 4 is 32.3 Å². The van der Waals surface area contributed by atoms with Crippen LogP contribution in [-0.2, 0) is 0 Å². The van der Waals surface area contributed by atoms with Gasteiger partial charge in [0.2, 0.25) is 0 Å². The van der Waals surface area contributed by atoms with Crippen LogP contribution in [0, 0.1) is 0 Å². The zero-order valence-corrected chi connectivity index (χ0v) is 32.7. The standard InChI is InChI=1S/C57H37N3/c1-4-15-38(16-5-1)44-23-14-24-46(33-44)56-58-55(59-57(60-56)49-35-47(39-17-6-2-7-18-39)34-48(36-49)40-19-8-3-9-20-40)43-29-27-42(28-30-43)54-51-26-13-11-22-45(51)37-53-50-25-12-10-21-41(50)31-32-52(53)54/h1-37H. The second-order valence-electron chi connectivity index (χ2n) is 15.2. The van der Waals surface area contributed by atoms with Crippen LogP contribution in [0.25, 0.3) is 111 Å². The van der Waals surface area contributed by atoms with E-state index in [1.54, 1.807) is 0 Å². The first-order valence-electron chi connectivity index (χ1n) is 20.3. The molecule has 280 valence electrons. The predicted molar refractivity (Wildman–Crippen MR) is 250 cm³/mol. The van der Waals surface area contributed by atoms with Crippen molar-refractivity contribution in [3.63, 3.8) is 0 Å². The second-order valence-corrected chi connectivity index (χ2v) is 15.2. The van der Waals surface area contributed by atoms with Crippen LogP contribution < -0.4 is 0 Å². The summed E-state index contributed by atoms with van der Waals surface area (Å²) in [6.07, 6.45) is 0. The Morgan fingerprint density at radius 3 is 1.30 bits per heavy atom. The number of hydrogen-bond donors (Lipinski definition) is 0. The van der Waals surface area contributed by atoms with Gasteiger partial charge in [0.25, 0.3) is 0 Å². The maximum atomic E-state index is 5.26. The number of nitrogens with zero attached hydrogens (tertiary/aromatic N) is 3. The summed E-state index contributed by atoms with van der Waals surface area (Å²) in [5.74, 6) is 1.85. The van der Waals surface area contributed by atoms with Crippen molar-refractivity contribution in [1.29, 1.82) is 0 Å². The lowest BCUT2D eigenvalue weighted by Crippen LogP contribution is -2.01. The summed E-state index contributed by atoms with van der Waals surface area (Å²) < 4.78 is 0. The quantitative estimate of drug-likeness (QED) is 0.120. The summed E-state index contributed by atoms with van der Waals surface area (Å²) >= 11 is 0. The van der Waals surface area contributed by atoms with Crippen LogP contribution in [0.1, 0.15) is 0 Å². The number of aromatic nitrogens is 3. The molecule has 0 saturated heterocycles. The van der Waals surface area contributed by atoms with Crippen LogP contribution in [0.2, 0.25) is 0 Å². The Bertz CT molecular complexity index is 3280. The van der Waals surface area contributed by atoms with Gasteiger partial charge in [-0.05, 0) is 107 Å². The molecule has 0 atom stereocenters. The molecule has 1 heterocycles. The van der Waals surface area contributed by atoms with E-state index in [1.165, 1.54) is 37.9 Å². The molecule has 0 bridgehead atoms. The van der Waals surface area contributed by atoms with Gasteiger partial charge in [0.05, 0.1) is 0 Å². The number of fused-ring (bicyclic) bond motifs is 4. The van der Waals surface area contributed by atoms with Gasteiger partial charge in [-0.1, -0.05) is 194 Å². The predicted octanol–water partition coefficient (Wildman–Crippen LogP) is 15.0. The van der Waals surface area contributed by atoms with Crippen molar-refractivity contribution in [3.8, 4) is 78.7 Å². The van der Waals surface area contributed by atoms with Crippen LogP contribution >= 0.6 is 0 Å². The minimum absolute atomic E-state index is 0.617. The molecule has 1 aromatic heterocycles. The first-order chi connectivity index (χ1) is 29.7. The van der Waals surface area contributed by atoms with Gasteiger partial charge in [-0.25, -0.2) is 15.0 Å². The lowest BCUT2D eigenvalue weighted by Gasteiger charge is -2.15. The highest BCUT2D eigenvalue weighted by Gasteiger charge is 2.17. The van der Waals surface area contributed by atoms with Gasteiger partial charge in [0, 0.05) is 16.7 Å². The highest BCUT2D eigenvalue weighted by atomic mass is 15.0. The van der Waals surface area contributed by atoms with Gasteiger partial charge in [-0.2, -0.15) is 0 Å². The minimum Gasteiger partial charge on any atom is -0.208 e. The lowest BCUT2D eigenvalue weighted by molar-refractivity contribution is 1.07. The molecule has 3 heteroatoms. The van der Waals surface area contributed by atoms with E-state index < -0.39 is 0 Å². The van der Waals surface area contributed by atoms with Gasteiger partial charge >= 0.3 is 0 Å². The van der Waals surface area contributed by atoms with E-state index in [4.69, 9.17) is 15.0 Å². The third-order valence-corrected chi connectivity index (χ3v) is 11.5. The van der Waals surface area contributed by atoms with Crippen molar-refractivity contribution in [3.05, 3.63) is 224 Å². The SMILES string of the molecule is c1ccc(-c2cccc(-c3nc(-c4ccc(-c5c6ccccc6cc6c5ccc5ccccc56)cc4)nc(-c4cc(-c5ccccc5)cc(-c5ccccc5)c4)n3)c2)cc1. The largest absolute Gasteiger partial charge is 0.208 e. The molecule has 0 amide bonds. The fraction of sp³-hybridized carbons (Fsp3) is 0. The topological polar surface area (TPSA) is 38.7 Å². The molecule has 0 aliphatic carbocycles. The van der Waals surface area contributed by atoms with Crippen LogP contribution in [0.15, 0.2) is 224 Å². The number of hydrogen-bond acceptors (Lipinski definition) is 3. The van der Waals surface area contributed by atoms with Gasteiger partial charge in [-0.3, -0.25) is 0 Å². The monoisotopic (exact) mass is 763 g/mol. The second kappa shape index (κ2) is 15.1. The molecule has 60 heavy (non-hydrogen) atoms. The summed E-state index contributed by atoms with van der Waals surface area (Å²) in [6.45, 7) is 0. The third kappa shape index (κ3) is 6.58. The van der Waals surface area contributed by atoms with Crippen molar-refractivity contribution in [2.75, 3.05) is 0 Å².